The lowest BCUT2D eigenvalue weighted by molar-refractivity contribution is 0.0747. The SMILES string of the molecule is CCN1CCC(N(C)CC(O)c2cccc(OC)c2)CC1. The van der Waals surface area contributed by atoms with Crippen LogP contribution in [-0.4, -0.2) is 61.3 Å². The normalized spacial score (nSPS) is 18.9. The number of likely N-dealkylation sites (tertiary alicyclic amines) is 1. The monoisotopic (exact) mass is 292 g/mol. The lowest BCUT2D eigenvalue weighted by Crippen LogP contribution is -2.44. The summed E-state index contributed by atoms with van der Waals surface area (Å²) in [6.45, 7) is 6.37. The molecular weight excluding hydrogens is 264 g/mol. The van der Waals surface area contributed by atoms with E-state index < -0.39 is 6.10 Å². The Bertz CT molecular complexity index is 431. The maximum atomic E-state index is 10.4. The van der Waals surface area contributed by atoms with E-state index in [1.54, 1.807) is 7.11 Å². The standard InChI is InChI=1S/C17H28N2O2/c1-4-19-10-8-15(9-11-19)18(2)13-17(20)14-6-5-7-16(12-14)21-3/h5-7,12,15,17,20H,4,8-11,13H2,1-3H3. The molecule has 1 atom stereocenters. The van der Waals surface area contributed by atoms with Gasteiger partial charge < -0.3 is 19.6 Å². The number of likely N-dealkylation sites (N-methyl/N-ethyl adjacent to an activating group) is 1. The maximum absolute atomic E-state index is 10.4. The minimum Gasteiger partial charge on any atom is -0.497 e. The largest absolute Gasteiger partial charge is 0.497 e. The molecule has 1 aromatic carbocycles. The quantitative estimate of drug-likeness (QED) is 0.871. The van der Waals surface area contributed by atoms with Crippen LogP contribution in [0.2, 0.25) is 0 Å². The molecule has 0 spiro atoms. The number of nitrogens with zero attached hydrogens (tertiary/aromatic N) is 2. The Morgan fingerprint density at radius 1 is 1.38 bits per heavy atom. The topological polar surface area (TPSA) is 35.9 Å². The van der Waals surface area contributed by atoms with Crippen LogP contribution in [0.4, 0.5) is 0 Å². The summed E-state index contributed by atoms with van der Waals surface area (Å²) in [4.78, 5) is 4.79. The van der Waals surface area contributed by atoms with E-state index in [2.05, 4.69) is 23.8 Å². The van der Waals surface area contributed by atoms with Crippen molar-refractivity contribution in [1.29, 1.82) is 0 Å². The van der Waals surface area contributed by atoms with Gasteiger partial charge in [-0.3, -0.25) is 0 Å². The Kier molecular flexibility index (Phi) is 6.03. The summed E-state index contributed by atoms with van der Waals surface area (Å²) >= 11 is 0. The molecule has 1 fully saturated rings. The molecule has 0 aromatic heterocycles. The van der Waals surface area contributed by atoms with Crippen LogP contribution in [0, 0.1) is 0 Å². The van der Waals surface area contributed by atoms with Gasteiger partial charge in [0.1, 0.15) is 5.75 Å². The van der Waals surface area contributed by atoms with Crippen molar-refractivity contribution in [1.82, 2.24) is 9.80 Å². The predicted octanol–water partition coefficient (Wildman–Crippen LogP) is 2.14. The first kappa shape index (κ1) is 16.3. The van der Waals surface area contributed by atoms with Gasteiger partial charge >= 0.3 is 0 Å². The molecule has 0 amide bonds. The average Bonchev–Trinajstić information content (AvgIpc) is 2.54. The first-order valence-corrected chi connectivity index (χ1v) is 7.88. The van der Waals surface area contributed by atoms with E-state index in [0.717, 1.165) is 17.9 Å². The third-order valence-electron chi connectivity index (χ3n) is 4.57. The molecule has 4 heteroatoms. The summed E-state index contributed by atoms with van der Waals surface area (Å²) in [5.74, 6) is 0.797. The Morgan fingerprint density at radius 2 is 2.10 bits per heavy atom. The van der Waals surface area contributed by atoms with Gasteiger partial charge in [0.2, 0.25) is 0 Å². The zero-order chi connectivity index (χ0) is 15.2. The fraction of sp³-hybridized carbons (Fsp3) is 0.647. The molecule has 21 heavy (non-hydrogen) atoms. The van der Waals surface area contributed by atoms with Gasteiger partial charge in [-0.2, -0.15) is 0 Å². The molecule has 1 aliphatic heterocycles. The third-order valence-corrected chi connectivity index (χ3v) is 4.57. The van der Waals surface area contributed by atoms with E-state index >= 15 is 0 Å². The second kappa shape index (κ2) is 7.78. The van der Waals surface area contributed by atoms with Crippen LogP contribution in [0.3, 0.4) is 0 Å². The molecule has 1 unspecified atom stereocenters. The molecule has 4 nitrogen and oxygen atoms in total. The van der Waals surface area contributed by atoms with Gasteiger partial charge in [-0.1, -0.05) is 19.1 Å². The second-order valence-electron chi connectivity index (χ2n) is 5.90. The van der Waals surface area contributed by atoms with E-state index in [-0.39, 0.29) is 0 Å². The number of aliphatic hydroxyl groups excluding tert-OH is 1. The lowest BCUT2D eigenvalue weighted by Gasteiger charge is -2.37. The number of aliphatic hydroxyl groups is 1. The zero-order valence-corrected chi connectivity index (χ0v) is 13.5. The van der Waals surface area contributed by atoms with Gasteiger partial charge in [-0.05, 0) is 57.2 Å². The molecule has 1 heterocycles. The van der Waals surface area contributed by atoms with Crippen LogP contribution in [0.25, 0.3) is 0 Å². The molecule has 0 saturated carbocycles. The van der Waals surface area contributed by atoms with Crippen LogP contribution < -0.4 is 4.74 Å². The van der Waals surface area contributed by atoms with Crippen LogP contribution in [0.15, 0.2) is 24.3 Å². The van der Waals surface area contributed by atoms with E-state index in [4.69, 9.17) is 4.74 Å². The second-order valence-corrected chi connectivity index (χ2v) is 5.90. The molecule has 118 valence electrons. The van der Waals surface area contributed by atoms with Crippen LogP contribution in [0.1, 0.15) is 31.4 Å². The minimum atomic E-state index is -0.464. The summed E-state index contributed by atoms with van der Waals surface area (Å²) < 4.78 is 5.22. The molecule has 1 aromatic rings. The number of hydrogen-bond donors (Lipinski definition) is 1. The zero-order valence-electron chi connectivity index (χ0n) is 13.5. The van der Waals surface area contributed by atoms with E-state index in [1.165, 1.54) is 25.9 Å². The number of rotatable bonds is 6. The van der Waals surface area contributed by atoms with Crippen molar-refractivity contribution >= 4 is 0 Å². The number of ether oxygens (including phenoxy) is 1. The molecule has 0 bridgehead atoms. The number of hydrogen-bond acceptors (Lipinski definition) is 4. The fourth-order valence-electron chi connectivity index (χ4n) is 3.05. The minimum absolute atomic E-state index is 0.464. The van der Waals surface area contributed by atoms with Crippen molar-refractivity contribution in [2.45, 2.75) is 31.9 Å². The first-order chi connectivity index (χ1) is 10.1. The smallest absolute Gasteiger partial charge is 0.119 e. The molecule has 2 rings (SSSR count). The van der Waals surface area contributed by atoms with Crippen LogP contribution in [0.5, 0.6) is 5.75 Å². The Hall–Kier alpha value is -1.10. The van der Waals surface area contributed by atoms with Gasteiger partial charge in [0, 0.05) is 12.6 Å². The Labute approximate surface area is 128 Å². The lowest BCUT2D eigenvalue weighted by atomic mass is 10.0. The molecule has 1 aliphatic rings. The Balaban J connectivity index is 1.88. The maximum Gasteiger partial charge on any atom is 0.119 e. The van der Waals surface area contributed by atoms with Crippen LogP contribution >= 0.6 is 0 Å². The molecule has 0 aliphatic carbocycles. The van der Waals surface area contributed by atoms with Crippen molar-refractivity contribution < 1.29 is 9.84 Å². The van der Waals surface area contributed by atoms with Gasteiger partial charge in [-0.25, -0.2) is 0 Å². The Morgan fingerprint density at radius 3 is 2.71 bits per heavy atom. The molecular formula is C17H28N2O2. The highest BCUT2D eigenvalue weighted by Gasteiger charge is 2.23. The van der Waals surface area contributed by atoms with Gasteiger partial charge in [0.25, 0.3) is 0 Å². The highest BCUT2D eigenvalue weighted by atomic mass is 16.5. The van der Waals surface area contributed by atoms with E-state index in [0.29, 0.717) is 12.6 Å². The van der Waals surface area contributed by atoms with E-state index in [9.17, 15) is 5.11 Å². The van der Waals surface area contributed by atoms with Gasteiger partial charge in [0.15, 0.2) is 0 Å². The summed E-state index contributed by atoms with van der Waals surface area (Å²) in [6, 6.07) is 8.28. The number of benzene rings is 1. The first-order valence-electron chi connectivity index (χ1n) is 7.88. The highest BCUT2D eigenvalue weighted by Crippen LogP contribution is 2.22. The van der Waals surface area contributed by atoms with Crippen LogP contribution in [-0.2, 0) is 0 Å². The van der Waals surface area contributed by atoms with Crippen molar-refractivity contribution in [2.75, 3.05) is 40.3 Å². The van der Waals surface area contributed by atoms with Gasteiger partial charge in [0.05, 0.1) is 13.2 Å². The summed E-state index contributed by atoms with van der Waals surface area (Å²) in [7, 11) is 3.77. The average molecular weight is 292 g/mol. The highest BCUT2D eigenvalue weighted by molar-refractivity contribution is 5.29. The van der Waals surface area contributed by atoms with Crippen molar-refractivity contribution in [3.8, 4) is 5.75 Å². The van der Waals surface area contributed by atoms with Crippen molar-refractivity contribution in [2.24, 2.45) is 0 Å². The summed E-state index contributed by atoms with van der Waals surface area (Å²) in [6.07, 6.45) is 1.92. The number of piperidine rings is 1. The predicted molar refractivity (Wildman–Crippen MR) is 85.7 cm³/mol. The molecule has 1 saturated heterocycles. The fourth-order valence-corrected chi connectivity index (χ4v) is 3.05. The number of methoxy groups -OCH3 is 1. The summed E-state index contributed by atoms with van der Waals surface area (Å²) in [5.41, 5.74) is 0.923. The van der Waals surface area contributed by atoms with Crippen molar-refractivity contribution in [3.63, 3.8) is 0 Å². The van der Waals surface area contributed by atoms with Gasteiger partial charge in [-0.15, -0.1) is 0 Å². The summed E-state index contributed by atoms with van der Waals surface area (Å²) in [5, 5.41) is 10.4. The van der Waals surface area contributed by atoms with E-state index in [1.807, 2.05) is 24.3 Å². The van der Waals surface area contributed by atoms with Crippen molar-refractivity contribution in [3.05, 3.63) is 29.8 Å². The molecule has 1 N–H and O–H groups in total. The molecule has 0 radical (unpaired) electrons. The third kappa shape index (κ3) is 4.43.